The number of pyridine rings is 1. The Balaban J connectivity index is 1.79. The lowest BCUT2D eigenvalue weighted by molar-refractivity contribution is -0.0241. The van der Waals surface area contributed by atoms with Gasteiger partial charge < -0.3 is 24.1 Å². The summed E-state index contributed by atoms with van der Waals surface area (Å²) in [7, 11) is 2.70. The Bertz CT molecular complexity index is 1200. The third-order valence-corrected chi connectivity index (χ3v) is 5.64. The molecular formula is C23H24F2N4O4. The first-order chi connectivity index (χ1) is 15.8. The Morgan fingerprint density at radius 3 is 2.67 bits per heavy atom. The van der Waals surface area contributed by atoms with Crippen molar-refractivity contribution < 1.29 is 27.8 Å². The number of nitrogens with zero attached hydrogens (tertiary/aromatic N) is 3. The summed E-state index contributed by atoms with van der Waals surface area (Å²) < 4.78 is 42.6. The highest BCUT2D eigenvalue weighted by Crippen LogP contribution is 2.32. The van der Waals surface area contributed by atoms with Gasteiger partial charge in [0.05, 0.1) is 43.3 Å². The predicted octanol–water partition coefficient (Wildman–Crippen LogP) is 2.96. The van der Waals surface area contributed by atoms with Gasteiger partial charge in [-0.25, -0.2) is 18.6 Å². The number of halogens is 2. The standard InChI is InChI=1S/C23H24F2N4O4/c1-13-4-5-29-18(11-15-12-28(6-7-33-15)23(31)32-3)21(27-19(29)8-13)20-16(24)9-14(10-17(20)25)22(30)26-2/h4-5,8-10,15H,6-7,11-12H2,1-3H3,(H,26,30)/t15-/m0/s1. The van der Waals surface area contributed by atoms with Crippen LogP contribution < -0.4 is 5.32 Å². The smallest absolute Gasteiger partial charge is 0.409 e. The van der Waals surface area contributed by atoms with Gasteiger partial charge in [0, 0.05) is 31.8 Å². The zero-order valence-electron chi connectivity index (χ0n) is 18.5. The largest absolute Gasteiger partial charge is 0.453 e. The molecular weight excluding hydrogens is 434 g/mol. The number of fused-ring (bicyclic) bond motifs is 1. The van der Waals surface area contributed by atoms with E-state index in [1.54, 1.807) is 10.6 Å². The lowest BCUT2D eigenvalue weighted by Crippen LogP contribution is -2.46. The number of aromatic nitrogens is 2. The SMILES string of the molecule is CNC(=O)c1cc(F)c(-c2nc3cc(C)ccn3c2C[C@H]2CN(C(=O)OC)CCO2)c(F)c1. The van der Waals surface area contributed by atoms with E-state index in [4.69, 9.17) is 9.47 Å². The number of imidazole rings is 1. The number of nitrogens with one attached hydrogen (secondary N) is 1. The molecule has 0 radical (unpaired) electrons. The van der Waals surface area contributed by atoms with Crippen molar-refractivity contribution in [2.24, 2.45) is 0 Å². The monoisotopic (exact) mass is 458 g/mol. The topological polar surface area (TPSA) is 85.2 Å². The number of benzene rings is 1. The molecule has 0 spiro atoms. The summed E-state index contributed by atoms with van der Waals surface area (Å²) in [5.74, 6) is -2.38. The summed E-state index contributed by atoms with van der Waals surface area (Å²) in [6.45, 7) is 2.87. The van der Waals surface area contributed by atoms with Gasteiger partial charge in [-0.15, -0.1) is 0 Å². The maximum atomic E-state index is 15.1. The van der Waals surface area contributed by atoms with E-state index in [0.717, 1.165) is 17.7 Å². The number of hydrogen-bond donors (Lipinski definition) is 1. The molecule has 0 unspecified atom stereocenters. The molecule has 3 heterocycles. The van der Waals surface area contributed by atoms with Crippen LogP contribution in [0.4, 0.5) is 13.6 Å². The van der Waals surface area contributed by atoms with Crippen LogP contribution >= 0.6 is 0 Å². The van der Waals surface area contributed by atoms with Crippen molar-refractivity contribution >= 4 is 17.6 Å². The van der Waals surface area contributed by atoms with E-state index >= 15 is 8.78 Å². The highest BCUT2D eigenvalue weighted by molar-refractivity contribution is 5.94. The average Bonchev–Trinajstić information content (AvgIpc) is 3.14. The van der Waals surface area contributed by atoms with Gasteiger partial charge in [0.15, 0.2) is 0 Å². The molecule has 2 amide bonds. The van der Waals surface area contributed by atoms with Gasteiger partial charge in [-0.3, -0.25) is 4.79 Å². The minimum Gasteiger partial charge on any atom is -0.453 e. The number of hydrogen-bond acceptors (Lipinski definition) is 5. The fourth-order valence-corrected chi connectivity index (χ4v) is 4.02. The molecule has 1 N–H and O–H groups in total. The summed E-state index contributed by atoms with van der Waals surface area (Å²) in [5.41, 5.74) is 1.67. The molecule has 174 valence electrons. The third kappa shape index (κ3) is 4.38. The molecule has 4 rings (SSSR count). The summed E-state index contributed by atoms with van der Waals surface area (Å²) in [6.07, 6.45) is 1.16. The first-order valence-corrected chi connectivity index (χ1v) is 10.5. The van der Waals surface area contributed by atoms with Crippen molar-refractivity contribution in [2.75, 3.05) is 33.9 Å². The van der Waals surface area contributed by atoms with E-state index < -0.39 is 29.7 Å². The summed E-state index contributed by atoms with van der Waals surface area (Å²) in [4.78, 5) is 29.9. The number of aryl methyl sites for hydroxylation is 1. The number of carbonyl (C=O) groups is 2. The fourth-order valence-electron chi connectivity index (χ4n) is 4.02. The van der Waals surface area contributed by atoms with Crippen molar-refractivity contribution in [1.29, 1.82) is 0 Å². The zero-order chi connectivity index (χ0) is 23.7. The molecule has 3 aromatic rings. The van der Waals surface area contributed by atoms with Crippen molar-refractivity contribution in [1.82, 2.24) is 19.6 Å². The van der Waals surface area contributed by atoms with E-state index in [1.807, 2.05) is 19.1 Å². The van der Waals surface area contributed by atoms with E-state index in [0.29, 0.717) is 24.5 Å². The van der Waals surface area contributed by atoms with Gasteiger partial charge in [0.25, 0.3) is 5.91 Å². The van der Waals surface area contributed by atoms with Gasteiger partial charge in [-0.1, -0.05) is 0 Å². The Labute approximate surface area is 189 Å². The molecule has 10 heteroatoms. The second kappa shape index (κ2) is 9.14. The second-order valence-electron chi connectivity index (χ2n) is 7.85. The summed E-state index contributed by atoms with van der Waals surface area (Å²) >= 11 is 0. The molecule has 0 saturated carbocycles. The maximum absolute atomic E-state index is 15.1. The summed E-state index contributed by atoms with van der Waals surface area (Å²) in [5, 5.41) is 2.36. The van der Waals surface area contributed by atoms with Crippen LogP contribution in [-0.2, 0) is 15.9 Å². The van der Waals surface area contributed by atoms with Crippen LogP contribution in [0.3, 0.4) is 0 Å². The van der Waals surface area contributed by atoms with Crippen LogP contribution in [-0.4, -0.2) is 66.2 Å². The number of carbonyl (C=O) groups excluding carboxylic acids is 2. The first-order valence-electron chi connectivity index (χ1n) is 10.5. The molecule has 0 aliphatic carbocycles. The third-order valence-electron chi connectivity index (χ3n) is 5.64. The average molecular weight is 458 g/mol. The van der Waals surface area contributed by atoms with Crippen LogP contribution in [0.25, 0.3) is 16.9 Å². The minimum atomic E-state index is -0.893. The first kappa shape index (κ1) is 22.7. The molecule has 1 saturated heterocycles. The zero-order valence-corrected chi connectivity index (χ0v) is 18.5. The molecule has 1 fully saturated rings. The fraction of sp³-hybridized carbons (Fsp3) is 0.348. The lowest BCUT2D eigenvalue weighted by Gasteiger charge is -2.32. The van der Waals surface area contributed by atoms with Crippen LogP contribution in [0, 0.1) is 18.6 Å². The number of methoxy groups -OCH3 is 1. The lowest BCUT2D eigenvalue weighted by atomic mass is 10.0. The van der Waals surface area contributed by atoms with Gasteiger partial charge >= 0.3 is 6.09 Å². The number of ether oxygens (including phenoxy) is 2. The predicted molar refractivity (Wildman–Crippen MR) is 116 cm³/mol. The van der Waals surface area contributed by atoms with Gasteiger partial charge in [-0.2, -0.15) is 0 Å². The van der Waals surface area contributed by atoms with Gasteiger partial charge in [-0.05, 0) is 36.8 Å². The highest BCUT2D eigenvalue weighted by atomic mass is 19.1. The molecule has 2 aromatic heterocycles. The van der Waals surface area contributed by atoms with E-state index in [9.17, 15) is 9.59 Å². The van der Waals surface area contributed by atoms with Gasteiger partial charge in [0.2, 0.25) is 0 Å². The molecule has 0 bridgehead atoms. The van der Waals surface area contributed by atoms with Gasteiger partial charge in [0.1, 0.15) is 17.3 Å². The van der Waals surface area contributed by atoms with Crippen LogP contribution in [0.5, 0.6) is 0 Å². The van der Waals surface area contributed by atoms with E-state index in [-0.39, 0.29) is 29.8 Å². The molecule has 1 atom stereocenters. The van der Waals surface area contributed by atoms with Crippen molar-refractivity contribution in [3.8, 4) is 11.3 Å². The van der Waals surface area contributed by atoms with Crippen LogP contribution in [0.2, 0.25) is 0 Å². The van der Waals surface area contributed by atoms with Crippen molar-refractivity contribution in [3.63, 3.8) is 0 Å². The molecule has 1 aliphatic heterocycles. The molecule has 8 nitrogen and oxygen atoms in total. The number of amides is 2. The van der Waals surface area contributed by atoms with Crippen LogP contribution in [0.1, 0.15) is 21.6 Å². The van der Waals surface area contributed by atoms with E-state index in [1.165, 1.54) is 19.1 Å². The normalized spacial score (nSPS) is 16.2. The summed E-state index contributed by atoms with van der Waals surface area (Å²) in [6, 6.07) is 5.66. The second-order valence-corrected chi connectivity index (χ2v) is 7.85. The number of morpholine rings is 1. The van der Waals surface area contributed by atoms with E-state index in [2.05, 4.69) is 10.3 Å². The van der Waals surface area contributed by atoms with Crippen molar-refractivity contribution in [3.05, 3.63) is 58.9 Å². The Hall–Kier alpha value is -3.53. The molecule has 33 heavy (non-hydrogen) atoms. The Morgan fingerprint density at radius 1 is 1.27 bits per heavy atom. The Morgan fingerprint density at radius 2 is 2.00 bits per heavy atom. The quantitative estimate of drug-likeness (QED) is 0.650. The maximum Gasteiger partial charge on any atom is 0.409 e. The minimum absolute atomic E-state index is 0.123. The molecule has 1 aliphatic rings. The highest BCUT2D eigenvalue weighted by Gasteiger charge is 2.29. The molecule has 1 aromatic carbocycles. The number of rotatable bonds is 4. The Kier molecular flexibility index (Phi) is 6.28. The van der Waals surface area contributed by atoms with Crippen LogP contribution in [0.15, 0.2) is 30.5 Å². The van der Waals surface area contributed by atoms with Crippen molar-refractivity contribution in [2.45, 2.75) is 19.4 Å².